The fraction of sp³-hybridized carbons (Fsp3) is 0.625. The molecule has 24 heavy (non-hydrogen) atoms. The first-order valence-corrected chi connectivity index (χ1v) is 11.4. The Bertz CT molecular complexity index is 815. The molecule has 0 unspecified atom stereocenters. The molecule has 0 spiro atoms. The van der Waals surface area contributed by atoms with Crippen LogP contribution in [0.25, 0.3) is 0 Å². The van der Waals surface area contributed by atoms with Crippen LogP contribution in [-0.2, 0) is 19.9 Å². The second kappa shape index (κ2) is 7.11. The summed E-state index contributed by atoms with van der Waals surface area (Å²) >= 11 is 0. The Morgan fingerprint density at radius 3 is 2.38 bits per heavy atom. The summed E-state index contributed by atoms with van der Waals surface area (Å²) in [5.41, 5.74) is 0.933. The summed E-state index contributed by atoms with van der Waals surface area (Å²) in [5.74, 6) is 0.276. The van der Waals surface area contributed by atoms with Crippen LogP contribution >= 0.6 is 0 Å². The van der Waals surface area contributed by atoms with Crippen molar-refractivity contribution in [2.75, 3.05) is 32.9 Å². The smallest absolute Gasteiger partial charge is 0.243 e. The van der Waals surface area contributed by atoms with Crippen LogP contribution in [-0.4, -0.2) is 54.1 Å². The van der Waals surface area contributed by atoms with Gasteiger partial charge in [0, 0.05) is 19.3 Å². The SMILES string of the molecule is CNC[C@@H]1CCCN(S(=O)(=O)c2cc(C)cc(S(C)(=O)=O)c2C)C1. The van der Waals surface area contributed by atoms with E-state index in [1.807, 2.05) is 7.05 Å². The van der Waals surface area contributed by atoms with Gasteiger partial charge in [0.25, 0.3) is 0 Å². The van der Waals surface area contributed by atoms with Gasteiger partial charge < -0.3 is 5.32 Å². The lowest BCUT2D eigenvalue weighted by Gasteiger charge is -2.32. The Kier molecular flexibility index (Phi) is 5.74. The van der Waals surface area contributed by atoms with Crippen LogP contribution in [0.4, 0.5) is 0 Å². The molecule has 1 fully saturated rings. The van der Waals surface area contributed by atoms with Crippen molar-refractivity contribution < 1.29 is 16.8 Å². The van der Waals surface area contributed by atoms with E-state index in [1.54, 1.807) is 19.9 Å². The number of nitrogens with zero attached hydrogens (tertiary/aromatic N) is 1. The van der Waals surface area contributed by atoms with Crippen molar-refractivity contribution >= 4 is 19.9 Å². The first kappa shape index (κ1) is 19.4. The standard InChI is InChI=1S/C16H26N2O4S2/c1-12-8-15(23(4,19)20)13(2)16(9-12)24(21,22)18-7-5-6-14(11-18)10-17-3/h8-9,14,17H,5-7,10-11H2,1-4H3/t14-/m0/s1. The van der Waals surface area contributed by atoms with Gasteiger partial charge in [-0.15, -0.1) is 0 Å². The molecule has 1 saturated heterocycles. The molecule has 0 saturated carbocycles. The van der Waals surface area contributed by atoms with Gasteiger partial charge in [-0.25, -0.2) is 16.8 Å². The molecule has 8 heteroatoms. The van der Waals surface area contributed by atoms with Crippen molar-refractivity contribution in [1.29, 1.82) is 0 Å². The maximum atomic E-state index is 13.1. The van der Waals surface area contributed by atoms with Crippen LogP contribution in [0.15, 0.2) is 21.9 Å². The highest BCUT2D eigenvalue weighted by molar-refractivity contribution is 7.91. The number of nitrogens with one attached hydrogen (secondary N) is 1. The second-order valence-electron chi connectivity index (χ2n) is 6.59. The Morgan fingerprint density at radius 1 is 1.17 bits per heavy atom. The minimum Gasteiger partial charge on any atom is -0.319 e. The van der Waals surface area contributed by atoms with Crippen molar-refractivity contribution in [3.63, 3.8) is 0 Å². The van der Waals surface area contributed by atoms with Crippen LogP contribution in [0, 0.1) is 19.8 Å². The Balaban J connectivity index is 2.48. The molecule has 6 nitrogen and oxygen atoms in total. The number of aryl methyl sites for hydroxylation is 1. The molecule has 0 bridgehead atoms. The van der Waals surface area contributed by atoms with E-state index in [2.05, 4.69) is 5.32 Å². The molecule has 0 radical (unpaired) electrons. The molecule has 136 valence electrons. The number of sulfone groups is 1. The summed E-state index contributed by atoms with van der Waals surface area (Å²) in [6, 6.07) is 3.10. The average molecular weight is 375 g/mol. The second-order valence-corrected chi connectivity index (χ2v) is 10.5. The van der Waals surface area contributed by atoms with Gasteiger partial charge in [0.15, 0.2) is 9.84 Å². The number of sulfonamides is 1. The summed E-state index contributed by atoms with van der Waals surface area (Å²) in [6.07, 6.45) is 2.92. The quantitative estimate of drug-likeness (QED) is 0.841. The van der Waals surface area contributed by atoms with E-state index in [0.29, 0.717) is 24.2 Å². The fourth-order valence-electron chi connectivity index (χ4n) is 3.29. The zero-order valence-corrected chi connectivity index (χ0v) is 16.3. The van der Waals surface area contributed by atoms with E-state index in [9.17, 15) is 16.8 Å². The lowest BCUT2D eigenvalue weighted by atomic mass is 10.00. The number of rotatable bonds is 5. The molecule has 0 aromatic heterocycles. The molecule has 1 aromatic carbocycles. The van der Waals surface area contributed by atoms with Crippen molar-refractivity contribution in [2.45, 2.75) is 36.5 Å². The number of hydrogen-bond acceptors (Lipinski definition) is 5. The van der Waals surface area contributed by atoms with Gasteiger partial charge in [-0.1, -0.05) is 0 Å². The Morgan fingerprint density at radius 2 is 1.79 bits per heavy atom. The van der Waals surface area contributed by atoms with Crippen LogP contribution < -0.4 is 5.32 Å². The summed E-state index contributed by atoms with van der Waals surface area (Å²) < 4.78 is 51.7. The molecular weight excluding hydrogens is 348 g/mol. The molecule has 1 aliphatic rings. The zero-order chi connectivity index (χ0) is 18.1. The summed E-state index contributed by atoms with van der Waals surface area (Å²) in [5, 5.41) is 3.10. The first-order chi connectivity index (χ1) is 11.1. The molecule has 1 N–H and O–H groups in total. The molecule has 0 aliphatic carbocycles. The highest BCUT2D eigenvalue weighted by Gasteiger charge is 2.32. The predicted molar refractivity (Wildman–Crippen MR) is 94.4 cm³/mol. The van der Waals surface area contributed by atoms with E-state index in [0.717, 1.165) is 25.6 Å². The molecular formula is C16H26N2O4S2. The lowest BCUT2D eigenvalue weighted by Crippen LogP contribution is -2.42. The third-order valence-electron chi connectivity index (χ3n) is 4.45. The molecule has 1 aliphatic heterocycles. The van der Waals surface area contributed by atoms with Crippen LogP contribution in [0.5, 0.6) is 0 Å². The van der Waals surface area contributed by atoms with Gasteiger partial charge in [0.1, 0.15) is 0 Å². The summed E-state index contributed by atoms with van der Waals surface area (Å²) in [7, 11) is -5.33. The Labute approximate surface area is 145 Å². The minimum absolute atomic E-state index is 0.0878. The van der Waals surface area contributed by atoms with Crippen molar-refractivity contribution in [2.24, 2.45) is 5.92 Å². The number of piperidine rings is 1. The highest BCUT2D eigenvalue weighted by atomic mass is 32.2. The third kappa shape index (κ3) is 3.99. The van der Waals surface area contributed by atoms with Gasteiger partial charge in [-0.2, -0.15) is 4.31 Å². The first-order valence-electron chi connectivity index (χ1n) is 8.03. The maximum Gasteiger partial charge on any atom is 0.243 e. The monoisotopic (exact) mass is 374 g/mol. The van der Waals surface area contributed by atoms with Crippen molar-refractivity contribution in [3.8, 4) is 0 Å². The minimum atomic E-state index is -3.71. The lowest BCUT2D eigenvalue weighted by molar-refractivity contribution is 0.263. The molecule has 1 aromatic rings. The zero-order valence-electron chi connectivity index (χ0n) is 14.7. The largest absolute Gasteiger partial charge is 0.319 e. The molecule has 0 amide bonds. The van der Waals surface area contributed by atoms with Crippen molar-refractivity contribution in [3.05, 3.63) is 23.3 Å². The molecule has 1 atom stereocenters. The van der Waals surface area contributed by atoms with E-state index in [1.165, 1.54) is 10.4 Å². The molecule has 1 heterocycles. The van der Waals surface area contributed by atoms with Crippen LogP contribution in [0.1, 0.15) is 24.0 Å². The van der Waals surface area contributed by atoms with Gasteiger partial charge in [-0.3, -0.25) is 0 Å². The van der Waals surface area contributed by atoms with Gasteiger partial charge in [0.2, 0.25) is 10.0 Å². The Hall–Kier alpha value is -0.960. The maximum absolute atomic E-state index is 13.1. The van der Waals surface area contributed by atoms with Crippen LogP contribution in [0.2, 0.25) is 0 Å². The summed E-state index contributed by atoms with van der Waals surface area (Å²) in [6.45, 7) is 4.99. The topological polar surface area (TPSA) is 83.6 Å². The number of hydrogen-bond donors (Lipinski definition) is 1. The highest BCUT2D eigenvalue weighted by Crippen LogP contribution is 2.29. The average Bonchev–Trinajstić information content (AvgIpc) is 2.48. The van der Waals surface area contributed by atoms with E-state index in [4.69, 9.17) is 0 Å². The van der Waals surface area contributed by atoms with Gasteiger partial charge in [0.05, 0.1) is 9.79 Å². The predicted octanol–water partition coefficient (Wildman–Crippen LogP) is 1.33. The summed E-state index contributed by atoms with van der Waals surface area (Å²) in [4.78, 5) is 0.192. The number of benzene rings is 1. The van der Waals surface area contributed by atoms with E-state index >= 15 is 0 Å². The van der Waals surface area contributed by atoms with Crippen molar-refractivity contribution in [1.82, 2.24) is 9.62 Å². The van der Waals surface area contributed by atoms with Gasteiger partial charge >= 0.3 is 0 Å². The van der Waals surface area contributed by atoms with E-state index in [-0.39, 0.29) is 15.7 Å². The third-order valence-corrected chi connectivity index (χ3v) is 7.66. The van der Waals surface area contributed by atoms with E-state index < -0.39 is 19.9 Å². The normalized spacial score (nSPS) is 20.2. The molecule has 2 rings (SSSR count). The fourth-order valence-corrected chi connectivity index (χ4v) is 6.30. The van der Waals surface area contributed by atoms with Crippen LogP contribution in [0.3, 0.4) is 0 Å². The van der Waals surface area contributed by atoms with Gasteiger partial charge in [-0.05, 0) is 69.5 Å².